The van der Waals surface area contributed by atoms with Crippen LogP contribution < -0.4 is 5.32 Å². The molecule has 1 N–H and O–H groups in total. The first-order chi connectivity index (χ1) is 12.8. The van der Waals surface area contributed by atoms with Gasteiger partial charge in [-0.3, -0.25) is 0 Å². The Morgan fingerprint density at radius 2 is 1.96 bits per heavy atom. The third kappa shape index (κ3) is 5.41. The van der Waals surface area contributed by atoms with Crippen molar-refractivity contribution in [3.63, 3.8) is 0 Å². The van der Waals surface area contributed by atoms with Crippen molar-refractivity contribution in [2.24, 2.45) is 0 Å². The van der Waals surface area contributed by atoms with Gasteiger partial charge >= 0.3 is 6.03 Å². The smallest absolute Gasteiger partial charge is 0.317 e. The normalized spacial score (nSPS) is 19.7. The van der Waals surface area contributed by atoms with Crippen molar-refractivity contribution < 1.29 is 18.8 Å². The zero-order valence-electron chi connectivity index (χ0n) is 15.6. The van der Waals surface area contributed by atoms with Crippen LogP contribution in [0, 0.1) is 0 Å². The summed E-state index contributed by atoms with van der Waals surface area (Å²) >= 11 is 0. The monoisotopic (exact) mass is 366 g/mol. The summed E-state index contributed by atoms with van der Waals surface area (Å²) in [4.78, 5) is 18.8. The molecule has 1 aliphatic carbocycles. The molecular weight excluding hydrogens is 336 g/mol. The molecule has 26 heavy (non-hydrogen) atoms. The highest BCUT2D eigenvalue weighted by Crippen LogP contribution is 2.26. The molecule has 1 saturated heterocycles. The quantitative estimate of drug-likeness (QED) is 0.746. The summed E-state index contributed by atoms with van der Waals surface area (Å²) in [5.74, 6) is 1.46. The summed E-state index contributed by atoms with van der Waals surface area (Å²) in [7, 11) is 1.63. The molecular formula is C18H30N4O4. The minimum atomic E-state index is 0.0793. The average Bonchev–Trinajstić information content (AvgIpc) is 3.15. The first kappa shape index (κ1) is 19.1. The molecule has 2 aliphatic rings. The van der Waals surface area contributed by atoms with Crippen molar-refractivity contribution in [2.75, 3.05) is 33.4 Å². The standard InChI is InChI=1S/C18H30N4O4/c1-24-11-12-25-13-16-20-17(21-26-16)14-7-9-22(10-8-14)18(23)19-15-5-3-2-4-6-15/h14-15H,2-13H2,1H3,(H,19,23). The Bertz CT molecular complexity index is 551. The molecule has 2 heterocycles. The number of amides is 2. The van der Waals surface area contributed by atoms with E-state index in [-0.39, 0.29) is 11.9 Å². The average molecular weight is 366 g/mol. The molecule has 146 valence electrons. The number of likely N-dealkylation sites (tertiary alicyclic amines) is 1. The third-order valence-corrected chi connectivity index (χ3v) is 5.22. The van der Waals surface area contributed by atoms with E-state index in [1.54, 1.807) is 7.11 Å². The Kier molecular flexibility index (Phi) is 7.25. The zero-order chi connectivity index (χ0) is 18.2. The van der Waals surface area contributed by atoms with Crippen molar-refractivity contribution in [1.82, 2.24) is 20.4 Å². The van der Waals surface area contributed by atoms with Gasteiger partial charge in [-0.15, -0.1) is 0 Å². The van der Waals surface area contributed by atoms with Gasteiger partial charge in [0.2, 0.25) is 0 Å². The molecule has 8 heteroatoms. The van der Waals surface area contributed by atoms with E-state index in [1.165, 1.54) is 19.3 Å². The van der Waals surface area contributed by atoms with Crippen LogP contribution in [0.15, 0.2) is 4.52 Å². The number of nitrogens with zero attached hydrogens (tertiary/aromatic N) is 3. The molecule has 0 radical (unpaired) electrons. The van der Waals surface area contributed by atoms with E-state index in [9.17, 15) is 4.79 Å². The lowest BCUT2D eigenvalue weighted by atomic mass is 9.95. The van der Waals surface area contributed by atoms with Crippen LogP contribution in [-0.2, 0) is 16.1 Å². The predicted octanol–water partition coefficient (Wildman–Crippen LogP) is 2.45. The van der Waals surface area contributed by atoms with Crippen LogP contribution in [0.5, 0.6) is 0 Å². The van der Waals surface area contributed by atoms with Gasteiger partial charge in [0, 0.05) is 32.2 Å². The fourth-order valence-corrected chi connectivity index (χ4v) is 3.65. The number of aromatic nitrogens is 2. The fraction of sp³-hybridized carbons (Fsp3) is 0.833. The molecule has 2 fully saturated rings. The molecule has 0 atom stereocenters. The van der Waals surface area contributed by atoms with Gasteiger partial charge in [-0.05, 0) is 25.7 Å². The first-order valence-corrected chi connectivity index (χ1v) is 9.71. The third-order valence-electron chi connectivity index (χ3n) is 5.22. The van der Waals surface area contributed by atoms with E-state index in [0.29, 0.717) is 31.8 Å². The van der Waals surface area contributed by atoms with Crippen molar-refractivity contribution in [2.45, 2.75) is 63.5 Å². The number of rotatable bonds is 7. The second kappa shape index (κ2) is 9.87. The summed E-state index contributed by atoms with van der Waals surface area (Å²) in [5.41, 5.74) is 0. The van der Waals surface area contributed by atoms with Crippen molar-refractivity contribution in [1.29, 1.82) is 0 Å². The van der Waals surface area contributed by atoms with Gasteiger partial charge in [0.15, 0.2) is 5.82 Å². The molecule has 0 aromatic carbocycles. The van der Waals surface area contributed by atoms with E-state index in [0.717, 1.165) is 44.6 Å². The van der Waals surface area contributed by atoms with E-state index >= 15 is 0 Å². The number of carbonyl (C=O) groups is 1. The molecule has 2 amide bonds. The van der Waals surface area contributed by atoms with E-state index in [2.05, 4.69) is 15.5 Å². The molecule has 0 spiro atoms. The van der Waals surface area contributed by atoms with Crippen LogP contribution in [0.25, 0.3) is 0 Å². The molecule has 0 unspecified atom stereocenters. The number of hydrogen-bond donors (Lipinski definition) is 1. The first-order valence-electron chi connectivity index (χ1n) is 9.71. The van der Waals surface area contributed by atoms with Crippen LogP contribution in [0.4, 0.5) is 4.79 Å². The maximum absolute atomic E-state index is 12.4. The minimum absolute atomic E-state index is 0.0793. The Labute approximate surface area is 154 Å². The lowest BCUT2D eigenvalue weighted by Crippen LogP contribution is -2.48. The van der Waals surface area contributed by atoms with Crippen LogP contribution in [0.1, 0.15) is 62.6 Å². The number of ether oxygens (including phenoxy) is 2. The SMILES string of the molecule is COCCOCc1nc(C2CCN(C(=O)NC3CCCCC3)CC2)no1. The Hall–Kier alpha value is -1.67. The maximum atomic E-state index is 12.4. The van der Waals surface area contributed by atoms with Crippen LogP contribution in [-0.4, -0.2) is 60.5 Å². The number of carbonyl (C=O) groups excluding carboxylic acids is 1. The largest absolute Gasteiger partial charge is 0.382 e. The number of piperidine rings is 1. The molecule has 1 aromatic heterocycles. The highest BCUT2D eigenvalue weighted by atomic mass is 16.5. The lowest BCUT2D eigenvalue weighted by molar-refractivity contribution is 0.0494. The molecule has 0 bridgehead atoms. The van der Waals surface area contributed by atoms with Gasteiger partial charge in [0.05, 0.1) is 13.2 Å². The zero-order valence-corrected chi connectivity index (χ0v) is 15.6. The Morgan fingerprint density at radius 1 is 1.19 bits per heavy atom. The van der Waals surface area contributed by atoms with Gasteiger partial charge in [-0.25, -0.2) is 4.79 Å². The Balaban J connectivity index is 1.40. The van der Waals surface area contributed by atoms with Crippen LogP contribution in [0.3, 0.4) is 0 Å². The van der Waals surface area contributed by atoms with Crippen molar-refractivity contribution >= 4 is 6.03 Å². The molecule has 1 aromatic rings. The summed E-state index contributed by atoms with van der Waals surface area (Å²) in [6.45, 7) is 2.82. The number of urea groups is 1. The topological polar surface area (TPSA) is 89.7 Å². The second-order valence-corrected chi connectivity index (χ2v) is 7.14. The number of hydrogen-bond acceptors (Lipinski definition) is 6. The fourth-order valence-electron chi connectivity index (χ4n) is 3.65. The Morgan fingerprint density at radius 3 is 2.69 bits per heavy atom. The van der Waals surface area contributed by atoms with E-state index in [1.807, 2.05) is 4.90 Å². The van der Waals surface area contributed by atoms with Crippen molar-refractivity contribution in [3.8, 4) is 0 Å². The van der Waals surface area contributed by atoms with E-state index in [4.69, 9.17) is 14.0 Å². The van der Waals surface area contributed by atoms with Gasteiger partial charge in [0.1, 0.15) is 6.61 Å². The summed E-state index contributed by atoms with van der Waals surface area (Å²) in [6.07, 6.45) is 7.69. The molecule has 1 saturated carbocycles. The van der Waals surface area contributed by atoms with Gasteiger partial charge < -0.3 is 24.2 Å². The number of nitrogens with one attached hydrogen (secondary N) is 1. The molecule has 8 nitrogen and oxygen atoms in total. The van der Waals surface area contributed by atoms with Crippen LogP contribution in [0.2, 0.25) is 0 Å². The van der Waals surface area contributed by atoms with Gasteiger partial charge in [-0.1, -0.05) is 24.4 Å². The maximum Gasteiger partial charge on any atom is 0.317 e. The van der Waals surface area contributed by atoms with Crippen LogP contribution >= 0.6 is 0 Å². The number of methoxy groups -OCH3 is 1. The minimum Gasteiger partial charge on any atom is -0.382 e. The van der Waals surface area contributed by atoms with Crippen molar-refractivity contribution in [3.05, 3.63) is 11.7 Å². The summed E-state index contributed by atoms with van der Waals surface area (Å²) in [5, 5.41) is 7.28. The highest BCUT2D eigenvalue weighted by Gasteiger charge is 2.28. The summed E-state index contributed by atoms with van der Waals surface area (Å²) in [6, 6.07) is 0.433. The van der Waals surface area contributed by atoms with Gasteiger partial charge in [0.25, 0.3) is 5.89 Å². The lowest BCUT2D eigenvalue weighted by Gasteiger charge is -2.33. The molecule has 1 aliphatic heterocycles. The second-order valence-electron chi connectivity index (χ2n) is 7.14. The highest BCUT2D eigenvalue weighted by molar-refractivity contribution is 5.74. The predicted molar refractivity (Wildman–Crippen MR) is 94.8 cm³/mol. The molecule has 3 rings (SSSR count). The van der Waals surface area contributed by atoms with E-state index < -0.39 is 0 Å². The van der Waals surface area contributed by atoms with Gasteiger partial charge in [-0.2, -0.15) is 4.98 Å². The summed E-state index contributed by atoms with van der Waals surface area (Å²) < 4.78 is 15.6.